The second-order valence-electron chi connectivity index (χ2n) is 5.40. The Bertz CT molecular complexity index is 435. The molecule has 0 amide bonds. The number of H-pyrrole nitrogens is 1. The lowest BCUT2D eigenvalue weighted by Gasteiger charge is -2.20. The normalized spacial score (nSPS) is 12.7. The molecule has 1 aromatic heterocycles. The van der Waals surface area contributed by atoms with Gasteiger partial charge >= 0.3 is 6.18 Å². The maximum absolute atomic E-state index is 12.1. The number of aromatic nitrogens is 2. The number of halogens is 3. The summed E-state index contributed by atoms with van der Waals surface area (Å²) in [6.45, 7) is 6.19. The number of alkyl halides is 3. The smallest absolute Gasteiger partial charge is 0.311 e. The van der Waals surface area contributed by atoms with Crippen molar-refractivity contribution in [2.75, 3.05) is 0 Å². The molecule has 1 heterocycles. The molecule has 0 radical (unpaired) electrons. The Morgan fingerprint density at radius 1 is 1.32 bits per heavy atom. The molecule has 0 atom stereocenters. The van der Waals surface area contributed by atoms with Crippen molar-refractivity contribution >= 4 is 0 Å². The molecule has 0 saturated carbocycles. The monoisotopic (exact) mass is 277 g/mol. The summed E-state index contributed by atoms with van der Waals surface area (Å²) in [5, 5.41) is 3.13. The average Bonchev–Trinajstić information content (AvgIpc) is 2.21. The van der Waals surface area contributed by atoms with E-state index < -0.39 is 18.2 Å². The van der Waals surface area contributed by atoms with E-state index in [0.717, 1.165) is 0 Å². The van der Waals surface area contributed by atoms with E-state index in [4.69, 9.17) is 0 Å². The number of nitrogens with zero attached hydrogens (tertiary/aromatic N) is 1. The highest BCUT2D eigenvalue weighted by Gasteiger charge is 2.27. The first kappa shape index (κ1) is 15.7. The van der Waals surface area contributed by atoms with Crippen molar-refractivity contribution in [1.29, 1.82) is 0 Å². The molecule has 0 aliphatic rings. The number of hydrogen-bond acceptors (Lipinski definition) is 3. The van der Waals surface area contributed by atoms with Crippen LogP contribution in [0.15, 0.2) is 10.9 Å². The van der Waals surface area contributed by atoms with Crippen molar-refractivity contribution < 1.29 is 13.2 Å². The molecule has 108 valence electrons. The third-order valence-electron chi connectivity index (χ3n) is 2.29. The Kier molecular flexibility index (Phi) is 4.73. The first-order chi connectivity index (χ1) is 8.55. The molecule has 0 aliphatic carbocycles. The van der Waals surface area contributed by atoms with Gasteiger partial charge in [-0.3, -0.25) is 4.79 Å². The van der Waals surface area contributed by atoms with Crippen LogP contribution >= 0.6 is 0 Å². The third-order valence-corrected chi connectivity index (χ3v) is 2.29. The van der Waals surface area contributed by atoms with Crippen molar-refractivity contribution in [2.24, 2.45) is 0 Å². The van der Waals surface area contributed by atoms with E-state index in [-0.39, 0.29) is 17.8 Å². The number of nitrogens with one attached hydrogen (secondary N) is 2. The molecule has 1 rings (SSSR count). The molecule has 0 fully saturated rings. The minimum Gasteiger partial charge on any atom is -0.311 e. The first-order valence-corrected chi connectivity index (χ1v) is 5.96. The van der Waals surface area contributed by atoms with Crippen molar-refractivity contribution in [3.05, 3.63) is 27.9 Å². The van der Waals surface area contributed by atoms with Gasteiger partial charge in [-0.25, -0.2) is 4.98 Å². The Hall–Kier alpha value is -1.37. The van der Waals surface area contributed by atoms with E-state index in [0.29, 0.717) is 12.2 Å². The van der Waals surface area contributed by atoms with Gasteiger partial charge in [0.25, 0.3) is 5.56 Å². The predicted octanol–water partition coefficient (Wildman–Crippen LogP) is 2.15. The van der Waals surface area contributed by atoms with Crippen LogP contribution in [-0.2, 0) is 13.0 Å². The molecule has 19 heavy (non-hydrogen) atoms. The largest absolute Gasteiger partial charge is 0.389 e. The van der Waals surface area contributed by atoms with Gasteiger partial charge in [-0.15, -0.1) is 0 Å². The molecule has 0 saturated heterocycles. The minimum atomic E-state index is -4.25. The summed E-state index contributed by atoms with van der Waals surface area (Å²) in [5.74, 6) is 0.0653. The second-order valence-corrected chi connectivity index (χ2v) is 5.40. The van der Waals surface area contributed by atoms with Gasteiger partial charge in [-0.05, 0) is 20.8 Å². The molecule has 0 aromatic carbocycles. The van der Waals surface area contributed by atoms with Gasteiger partial charge in [0, 0.05) is 24.6 Å². The topological polar surface area (TPSA) is 57.8 Å². The molecule has 2 N–H and O–H groups in total. The van der Waals surface area contributed by atoms with Crippen LogP contribution in [0.3, 0.4) is 0 Å². The number of rotatable bonds is 4. The van der Waals surface area contributed by atoms with Gasteiger partial charge in [-0.2, -0.15) is 13.2 Å². The highest BCUT2D eigenvalue weighted by molar-refractivity contribution is 5.03. The molecule has 0 bridgehead atoms. The highest BCUT2D eigenvalue weighted by atomic mass is 19.4. The van der Waals surface area contributed by atoms with Crippen molar-refractivity contribution in [3.8, 4) is 0 Å². The molecule has 0 unspecified atom stereocenters. The van der Waals surface area contributed by atoms with Crippen LogP contribution in [0.25, 0.3) is 0 Å². The molecule has 7 heteroatoms. The Balaban J connectivity index is 2.74. The van der Waals surface area contributed by atoms with Gasteiger partial charge in [0.2, 0.25) is 0 Å². The molecule has 4 nitrogen and oxygen atoms in total. The fourth-order valence-electron chi connectivity index (χ4n) is 1.39. The maximum Gasteiger partial charge on any atom is 0.389 e. The van der Waals surface area contributed by atoms with E-state index in [2.05, 4.69) is 15.3 Å². The van der Waals surface area contributed by atoms with Crippen molar-refractivity contribution in [2.45, 2.75) is 51.9 Å². The van der Waals surface area contributed by atoms with Crippen LogP contribution in [0.2, 0.25) is 0 Å². The Morgan fingerprint density at radius 3 is 2.47 bits per heavy atom. The summed E-state index contributed by atoms with van der Waals surface area (Å²) in [6, 6.07) is 1.29. The van der Waals surface area contributed by atoms with E-state index in [1.54, 1.807) is 0 Å². The zero-order valence-corrected chi connectivity index (χ0v) is 11.2. The SMILES string of the molecule is CC(C)(C)NCc1cc(=O)[nH]c(CCC(F)(F)F)n1. The first-order valence-electron chi connectivity index (χ1n) is 5.96. The third kappa shape index (κ3) is 6.95. The van der Waals surface area contributed by atoms with E-state index in [1.165, 1.54) is 6.07 Å². The molecule has 0 aliphatic heterocycles. The zero-order valence-electron chi connectivity index (χ0n) is 11.2. The highest BCUT2D eigenvalue weighted by Crippen LogP contribution is 2.20. The number of aryl methyl sites for hydroxylation is 1. The molecular formula is C12H18F3N3O. The summed E-state index contributed by atoms with van der Waals surface area (Å²) in [6.07, 6.45) is -5.56. The summed E-state index contributed by atoms with van der Waals surface area (Å²) < 4.78 is 36.3. The van der Waals surface area contributed by atoms with E-state index in [9.17, 15) is 18.0 Å². The standard InChI is InChI=1S/C12H18F3N3O/c1-11(2,3)16-7-8-6-10(19)18-9(17-8)4-5-12(13,14)15/h6,16H,4-5,7H2,1-3H3,(H,17,18,19). The van der Waals surface area contributed by atoms with Crippen LogP contribution in [0, 0.1) is 0 Å². The minimum absolute atomic E-state index is 0.0653. The van der Waals surface area contributed by atoms with Crippen molar-refractivity contribution in [3.63, 3.8) is 0 Å². The number of aromatic amines is 1. The van der Waals surface area contributed by atoms with Crippen LogP contribution in [-0.4, -0.2) is 21.7 Å². The Labute approximate surface area is 109 Å². The van der Waals surface area contributed by atoms with Gasteiger partial charge in [0.15, 0.2) is 0 Å². The Morgan fingerprint density at radius 2 is 1.95 bits per heavy atom. The maximum atomic E-state index is 12.1. The van der Waals surface area contributed by atoms with Crippen LogP contribution in [0.4, 0.5) is 13.2 Å². The quantitative estimate of drug-likeness (QED) is 0.886. The van der Waals surface area contributed by atoms with Crippen molar-refractivity contribution in [1.82, 2.24) is 15.3 Å². The second kappa shape index (κ2) is 5.73. The summed E-state index contributed by atoms with van der Waals surface area (Å²) in [7, 11) is 0. The average molecular weight is 277 g/mol. The number of hydrogen-bond donors (Lipinski definition) is 2. The van der Waals surface area contributed by atoms with E-state index in [1.807, 2.05) is 20.8 Å². The van der Waals surface area contributed by atoms with Crippen LogP contribution in [0.5, 0.6) is 0 Å². The summed E-state index contributed by atoms with van der Waals surface area (Å²) in [4.78, 5) is 17.7. The fraction of sp³-hybridized carbons (Fsp3) is 0.667. The lowest BCUT2D eigenvalue weighted by Crippen LogP contribution is -2.35. The van der Waals surface area contributed by atoms with Gasteiger partial charge < -0.3 is 10.3 Å². The lowest BCUT2D eigenvalue weighted by atomic mass is 10.1. The molecular weight excluding hydrogens is 259 g/mol. The van der Waals surface area contributed by atoms with Crippen LogP contribution < -0.4 is 10.9 Å². The van der Waals surface area contributed by atoms with E-state index >= 15 is 0 Å². The van der Waals surface area contributed by atoms with Crippen LogP contribution in [0.1, 0.15) is 38.7 Å². The predicted molar refractivity (Wildman–Crippen MR) is 65.8 cm³/mol. The summed E-state index contributed by atoms with van der Waals surface area (Å²) >= 11 is 0. The lowest BCUT2D eigenvalue weighted by molar-refractivity contribution is -0.134. The van der Waals surface area contributed by atoms with Gasteiger partial charge in [-0.1, -0.05) is 0 Å². The zero-order chi connectivity index (χ0) is 14.7. The molecule has 0 spiro atoms. The summed E-state index contributed by atoms with van der Waals surface area (Å²) in [5.41, 5.74) is -0.148. The van der Waals surface area contributed by atoms with Gasteiger partial charge in [0.05, 0.1) is 12.1 Å². The fourth-order valence-corrected chi connectivity index (χ4v) is 1.39. The van der Waals surface area contributed by atoms with Gasteiger partial charge in [0.1, 0.15) is 5.82 Å². The molecule has 1 aromatic rings.